The number of rotatable bonds is 5. The number of halogens is 1. The second-order valence-corrected chi connectivity index (χ2v) is 7.64. The number of aryl methyl sites for hydroxylation is 3. The van der Waals surface area contributed by atoms with Crippen LogP contribution in [0.25, 0.3) is 16.6 Å². The predicted molar refractivity (Wildman–Crippen MR) is 113 cm³/mol. The molecule has 4 aromatic rings. The minimum absolute atomic E-state index is 0.170. The van der Waals surface area contributed by atoms with E-state index in [0.717, 1.165) is 63.6 Å². The molecule has 5 nitrogen and oxygen atoms in total. The Morgan fingerprint density at radius 2 is 2.00 bits per heavy atom. The van der Waals surface area contributed by atoms with E-state index in [1.54, 1.807) is 12.4 Å². The molecule has 0 saturated carbocycles. The largest absolute Gasteiger partial charge is 0.493 e. The van der Waals surface area contributed by atoms with Crippen LogP contribution in [-0.2, 0) is 25.7 Å². The van der Waals surface area contributed by atoms with Crippen LogP contribution in [0.1, 0.15) is 35.3 Å². The first kappa shape index (κ1) is 18.7. The number of pyridine rings is 1. The third kappa shape index (κ3) is 3.12. The number of hydrogen-bond donors (Lipinski definition) is 0. The monoisotopic (exact) mass is 402 g/mol. The molecule has 0 radical (unpaired) electrons. The fraction of sp³-hybridized carbons (Fsp3) is 0.292. The second kappa shape index (κ2) is 7.52. The molecule has 30 heavy (non-hydrogen) atoms. The lowest BCUT2D eigenvalue weighted by Gasteiger charge is -2.13. The highest BCUT2D eigenvalue weighted by Crippen LogP contribution is 2.32. The molecule has 0 atom stereocenters. The summed E-state index contributed by atoms with van der Waals surface area (Å²) in [6.07, 6.45) is 8.33. The predicted octanol–water partition coefficient (Wildman–Crippen LogP) is 4.52. The van der Waals surface area contributed by atoms with Gasteiger partial charge in [-0.15, -0.1) is 0 Å². The molecule has 1 aromatic carbocycles. The molecular weight excluding hydrogens is 379 g/mol. The van der Waals surface area contributed by atoms with Crippen molar-refractivity contribution >= 4 is 5.52 Å². The Balaban J connectivity index is 1.51. The summed E-state index contributed by atoms with van der Waals surface area (Å²) >= 11 is 0. The maximum atomic E-state index is 14.5. The third-order valence-electron chi connectivity index (χ3n) is 5.81. The number of aromatic nitrogens is 4. The zero-order valence-corrected chi connectivity index (χ0v) is 17.2. The summed E-state index contributed by atoms with van der Waals surface area (Å²) in [4.78, 5) is 13.8. The number of fused-ring (bicyclic) bond motifs is 2. The van der Waals surface area contributed by atoms with Crippen LogP contribution in [0.4, 0.5) is 4.39 Å². The van der Waals surface area contributed by atoms with Crippen molar-refractivity contribution < 1.29 is 9.13 Å². The Bertz CT molecular complexity index is 1250. The van der Waals surface area contributed by atoms with Crippen LogP contribution >= 0.6 is 0 Å². The molecule has 0 aliphatic carbocycles. The number of nitrogens with zero attached hydrogens (tertiary/aromatic N) is 4. The molecular formula is C24H23FN4O. The van der Waals surface area contributed by atoms with Gasteiger partial charge in [0.05, 0.1) is 18.3 Å². The topological polar surface area (TPSA) is 52.3 Å². The summed E-state index contributed by atoms with van der Waals surface area (Å²) < 4.78 is 22.1. The SMILES string of the molecule is CCc1nc(C)ccc1-c1cnc(CCc2c(F)ccc3c2CCO3)n2cncc12. The molecule has 0 amide bonds. The highest BCUT2D eigenvalue weighted by atomic mass is 19.1. The molecule has 0 unspecified atom stereocenters. The van der Waals surface area contributed by atoms with Crippen molar-refractivity contribution in [2.75, 3.05) is 6.61 Å². The van der Waals surface area contributed by atoms with Gasteiger partial charge in [-0.25, -0.2) is 14.4 Å². The van der Waals surface area contributed by atoms with E-state index in [9.17, 15) is 4.39 Å². The van der Waals surface area contributed by atoms with E-state index in [2.05, 4.69) is 23.0 Å². The molecule has 0 bridgehead atoms. The minimum Gasteiger partial charge on any atom is -0.493 e. The number of hydrogen-bond acceptors (Lipinski definition) is 4. The summed E-state index contributed by atoms with van der Waals surface area (Å²) in [5.41, 5.74) is 6.87. The van der Waals surface area contributed by atoms with Crippen LogP contribution in [0.2, 0.25) is 0 Å². The molecule has 1 aliphatic rings. The van der Waals surface area contributed by atoms with Crippen LogP contribution in [0.15, 0.2) is 43.0 Å². The van der Waals surface area contributed by atoms with Crippen molar-refractivity contribution in [3.63, 3.8) is 0 Å². The highest BCUT2D eigenvalue weighted by Gasteiger charge is 2.20. The van der Waals surface area contributed by atoms with Gasteiger partial charge in [-0.2, -0.15) is 0 Å². The second-order valence-electron chi connectivity index (χ2n) is 7.64. The molecule has 0 spiro atoms. The van der Waals surface area contributed by atoms with Gasteiger partial charge in [0, 0.05) is 47.1 Å². The summed E-state index contributed by atoms with van der Waals surface area (Å²) in [6.45, 7) is 4.73. The van der Waals surface area contributed by atoms with Gasteiger partial charge in [0.2, 0.25) is 0 Å². The standard InChI is InChI=1S/C24H23FN4O/c1-3-21-17(5-4-15(2)28-21)19-12-27-24(29-14-26-13-22(19)29)9-6-16-18-10-11-30-23(18)8-7-20(16)25/h4-5,7-8,12-14H,3,6,9-11H2,1-2H3. The van der Waals surface area contributed by atoms with E-state index < -0.39 is 0 Å². The highest BCUT2D eigenvalue weighted by molar-refractivity contribution is 5.80. The Labute approximate surface area is 174 Å². The summed E-state index contributed by atoms with van der Waals surface area (Å²) in [5, 5.41) is 0. The summed E-state index contributed by atoms with van der Waals surface area (Å²) in [7, 11) is 0. The van der Waals surface area contributed by atoms with Crippen LogP contribution in [0, 0.1) is 12.7 Å². The zero-order chi connectivity index (χ0) is 20.7. The van der Waals surface area contributed by atoms with Crippen LogP contribution in [0.3, 0.4) is 0 Å². The minimum atomic E-state index is -0.170. The van der Waals surface area contributed by atoms with Crippen molar-refractivity contribution in [2.45, 2.75) is 39.5 Å². The fourth-order valence-corrected chi connectivity index (χ4v) is 4.31. The Kier molecular flexibility index (Phi) is 4.69. The van der Waals surface area contributed by atoms with E-state index in [0.29, 0.717) is 19.4 Å². The fourth-order valence-electron chi connectivity index (χ4n) is 4.31. The molecule has 0 fully saturated rings. The van der Waals surface area contributed by atoms with Crippen LogP contribution in [-0.4, -0.2) is 26.0 Å². The average Bonchev–Trinajstić information content (AvgIpc) is 3.43. The van der Waals surface area contributed by atoms with Gasteiger partial charge in [-0.05, 0) is 43.5 Å². The van der Waals surface area contributed by atoms with Crippen molar-refractivity contribution in [1.29, 1.82) is 0 Å². The number of benzene rings is 1. The van der Waals surface area contributed by atoms with Crippen molar-refractivity contribution in [1.82, 2.24) is 19.4 Å². The van der Waals surface area contributed by atoms with Gasteiger partial charge in [-0.3, -0.25) is 9.38 Å². The Morgan fingerprint density at radius 1 is 1.10 bits per heavy atom. The molecule has 6 heteroatoms. The van der Waals surface area contributed by atoms with E-state index in [1.807, 2.05) is 29.8 Å². The van der Waals surface area contributed by atoms with E-state index >= 15 is 0 Å². The van der Waals surface area contributed by atoms with Gasteiger partial charge in [0.25, 0.3) is 0 Å². The molecule has 3 aromatic heterocycles. The lowest BCUT2D eigenvalue weighted by molar-refractivity contribution is 0.356. The van der Waals surface area contributed by atoms with Crippen LogP contribution in [0.5, 0.6) is 5.75 Å². The normalized spacial score (nSPS) is 12.9. The Morgan fingerprint density at radius 3 is 2.87 bits per heavy atom. The van der Waals surface area contributed by atoms with E-state index in [4.69, 9.17) is 9.72 Å². The lowest BCUT2D eigenvalue weighted by Crippen LogP contribution is -2.06. The quantitative estimate of drug-likeness (QED) is 0.492. The van der Waals surface area contributed by atoms with Gasteiger partial charge in [0.15, 0.2) is 0 Å². The Hall–Kier alpha value is -3.28. The van der Waals surface area contributed by atoms with E-state index in [-0.39, 0.29) is 5.82 Å². The smallest absolute Gasteiger partial charge is 0.126 e. The molecule has 1 aliphatic heterocycles. The molecule has 152 valence electrons. The molecule has 0 N–H and O–H groups in total. The molecule has 4 heterocycles. The van der Waals surface area contributed by atoms with Gasteiger partial charge < -0.3 is 4.74 Å². The maximum Gasteiger partial charge on any atom is 0.126 e. The molecule has 5 rings (SSSR count). The number of ether oxygens (including phenoxy) is 1. The zero-order valence-electron chi connectivity index (χ0n) is 17.2. The van der Waals surface area contributed by atoms with Crippen LogP contribution < -0.4 is 4.74 Å². The first-order valence-corrected chi connectivity index (χ1v) is 10.4. The molecule has 0 saturated heterocycles. The maximum absolute atomic E-state index is 14.5. The summed E-state index contributed by atoms with van der Waals surface area (Å²) in [6, 6.07) is 7.35. The van der Waals surface area contributed by atoms with Gasteiger partial charge >= 0.3 is 0 Å². The number of imidazole rings is 1. The summed E-state index contributed by atoms with van der Waals surface area (Å²) in [5.74, 6) is 1.50. The lowest BCUT2D eigenvalue weighted by atomic mass is 9.99. The first-order valence-electron chi connectivity index (χ1n) is 10.4. The van der Waals surface area contributed by atoms with Crippen molar-refractivity contribution in [3.8, 4) is 16.9 Å². The van der Waals surface area contributed by atoms with Gasteiger partial charge in [0.1, 0.15) is 23.7 Å². The first-order chi connectivity index (χ1) is 14.7. The average molecular weight is 402 g/mol. The van der Waals surface area contributed by atoms with Gasteiger partial charge in [-0.1, -0.05) is 13.0 Å². The third-order valence-corrected chi connectivity index (χ3v) is 5.81. The van der Waals surface area contributed by atoms with E-state index in [1.165, 1.54) is 6.07 Å². The van der Waals surface area contributed by atoms with Crippen molar-refractivity contribution in [3.05, 3.63) is 77.1 Å². The van der Waals surface area contributed by atoms with Crippen molar-refractivity contribution in [2.24, 2.45) is 0 Å².